The Labute approximate surface area is 244 Å². The Kier molecular flexibility index (Phi) is 9.12. The van der Waals surface area contributed by atoms with Crippen molar-refractivity contribution in [3.8, 4) is 11.5 Å². The first kappa shape index (κ1) is 28.9. The minimum absolute atomic E-state index is 0.00806. The van der Waals surface area contributed by atoms with Crippen LogP contribution < -0.4 is 24.4 Å². The monoisotopic (exact) mass is 597 g/mol. The van der Waals surface area contributed by atoms with Crippen molar-refractivity contribution < 1.29 is 27.5 Å². The molecule has 1 saturated carbocycles. The predicted octanol–water partition coefficient (Wildman–Crippen LogP) is 4.09. The van der Waals surface area contributed by atoms with Gasteiger partial charge in [0.2, 0.25) is 10.0 Å². The van der Waals surface area contributed by atoms with Crippen molar-refractivity contribution in [2.45, 2.75) is 49.1 Å². The second kappa shape index (κ2) is 12.9. The fourth-order valence-electron chi connectivity index (χ4n) is 5.01. The minimum atomic E-state index is -3.72. The lowest BCUT2D eigenvalue weighted by Crippen LogP contribution is -2.52. The first-order chi connectivity index (χ1) is 19.8. The third kappa shape index (κ3) is 7.19. The summed E-state index contributed by atoms with van der Waals surface area (Å²) in [5.41, 5.74) is 1.63. The van der Waals surface area contributed by atoms with E-state index in [0.717, 1.165) is 31.2 Å². The highest BCUT2D eigenvalue weighted by atomic mass is 35.5. The number of para-hydroxylation sites is 2. The van der Waals surface area contributed by atoms with Crippen LogP contribution in [0.5, 0.6) is 11.5 Å². The highest BCUT2D eigenvalue weighted by Crippen LogP contribution is 2.34. The Morgan fingerprint density at radius 2 is 1.73 bits per heavy atom. The van der Waals surface area contributed by atoms with E-state index in [9.17, 15) is 18.0 Å². The maximum Gasteiger partial charge on any atom is 0.265 e. The maximum atomic E-state index is 13.3. The molecule has 1 fully saturated rings. The Balaban J connectivity index is 1.21. The van der Waals surface area contributed by atoms with Crippen LogP contribution >= 0.6 is 11.6 Å². The van der Waals surface area contributed by atoms with E-state index < -0.39 is 22.0 Å². The van der Waals surface area contributed by atoms with Gasteiger partial charge in [-0.25, -0.2) is 13.1 Å². The predicted molar refractivity (Wildman–Crippen MR) is 156 cm³/mol. The summed E-state index contributed by atoms with van der Waals surface area (Å²) in [4.78, 5) is 27.7. The zero-order valence-electron chi connectivity index (χ0n) is 22.4. The number of fused-ring (bicyclic) bond motifs is 1. The molecule has 2 aliphatic rings. The van der Waals surface area contributed by atoms with Crippen molar-refractivity contribution in [2.75, 3.05) is 24.6 Å². The molecule has 1 heterocycles. The molecule has 3 aromatic carbocycles. The van der Waals surface area contributed by atoms with E-state index in [2.05, 4.69) is 10.0 Å². The van der Waals surface area contributed by atoms with E-state index in [1.165, 1.54) is 23.1 Å². The van der Waals surface area contributed by atoms with Crippen LogP contribution in [0.2, 0.25) is 5.02 Å². The summed E-state index contributed by atoms with van der Waals surface area (Å²) < 4.78 is 39.8. The van der Waals surface area contributed by atoms with Gasteiger partial charge in [-0.05, 0) is 55.2 Å². The van der Waals surface area contributed by atoms with Crippen LogP contribution in [0.1, 0.15) is 31.2 Å². The van der Waals surface area contributed by atoms with Crippen molar-refractivity contribution >= 4 is 39.1 Å². The van der Waals surface area contributed by atoms with Crippen LogP contribution in [0.25, 0.3) is 0 Å². The van der Waals surface area contributed by atoms with Crippen LogP contribution in [0.3, 0.4) is 0 Å². The summed E-state index contributed by atoms with van der Waals surface area (Å²) in [7, 11) is -3.72. The van der Waals surface area contributed by atoms with Crippen LogP contribution in [0, 0.1) is 0 Å². The van der Waals surface area contributed by atoms with Gasteiger partial charge in [0.1, 0.15) is 11.5 Å². The number of nitrogens with zero attached hydrogens (tertiary/aromatic N) is 1. The Morgan fingerprint density at radius 1 is 1.00 bits per heavy atom. The van der Waals surface area contributed by atoms with E-state index in [-0.39, 0.29) is 40.8 Å². The molecule has 216 valence electrons. The molecule has 5 rings (SSSR count). The van der Waals surface area contributed by atoms with Crippen molar-refractivity contribution in [2.24, 2.45) is 0 Å². The van der Waals surface area contributed by atoms with E-state index in [0.29, 0.717) is 24.4 Å². The molecule has 2 N–H and O–H groups in total. The standard InChI is InChI=1S/C30H32ClN3O6S/c31-24-18-23(41(37,38)33-22-10-4-5-11-22)14-15-26(24)39-20-29(35)34-19-28(40-27-13-7-6-12-25(27)34)30(36)32-17-16-21-8-2-1-3-9-21/h1-3,6-9,12-15,18,22,28,33H,4-5,10-11,16-17,19-20H2,(H,32,36)/t28-/m0/s1. The zero-order valence-corrected chi connectivity index (χ0v) is 24.0. The van der Waals surface area contributed by atoms with Gasteiger partial charge in [0.05, 0.1) is 22.2 Å². The van der Waals surface area contributed by atoms with Crippen LogP contribution in [-0.2, 0) is 26.0 Å². The molecule has 3 aromatic rings. The summed E-state index contributed by atoms with van der Waals surface area (Å²) in [6.45, 7) is 0.0682. The molecule has 0 aromatic heterocycles. The summed E-state index contributed by atoms with van der Waals surface area (Å²) in [6, 6.07) is 20.9. The summed E-state index contributed by atoms with van der Waals surface area (Å²) in [5.74, 6) is -0.132. The van der Waals surface area contributed by atoms with E-state index in [1.54, 1.807) is 24.3 Å². The zero-order chi connectivity index (χ0) is 28.8. The van der Waals surface area contributed by atoms with Gasteiger partial charge in [0, 0.05) is 12.6 Å². The number of carbonyl (C=O) groups is 2. The summed E-state index contributed by atoms with van der Waals surface area (Å²) in [6.07, 6.45) is 3.41. The second-order valence-corrected chi connectivity index (χ2v) is 12.2. The summed E-state index contributed by atoms with van der Waals surface area (Å²) >= 11 is 6.34. The number of amides is 2. The third-order valence-corrected chi connectivity index (χ3v) is 8.98. The highest BCUT2D eigenvalue weighted by molar-refractivity contribution is 7.89. The van der Waals surface area contributed by atoms with Crippen LogP contribution in [0.15, 0.2) is 77.7 Å². The lowest BCUT2D eigenvalue weighted by atomic mass is 10.1. The quantitative estimate of drug-likeness (QED) is 0.364. The number of carbonyl (C=O) groups excluding carboxylic acids is 2. The van der Waals surface area contributed by atoms with Crippen molar-refractivity contribution in [1.29, 1.82) is 0 Å². The molecule has 2 amide bonds. The van der Waals surface area contributed by atoms with Crippen LogP contribution in [0.4, 0.5) is 5.69 Å². The Bertz CT molecular complexity index is 1500. The van der Waals surface area contributed by atoms with Gasteiger partial charge in [-0.15, -0.1) is 0 Å². The molecule has 41 heavy (non-hydrogen) atoms. The second-order valence-electron chi connectivity index (χ2n) is 10.1. The molecule has 1 aliphatic heterocycles. The average Bonchev–Trinajstić information content (AvgIpc) is 3.48. The number of hydrogen-bond donors (Lipinski definition) is 2. The number of anilines is 1. The topological polar surface area (TPSA) is 114 Å². The highest BCUT2D eigenvalue weighted by Gasteiger charge is 2.34. The van der Waals surface area contributed by atoms with Gasteiger partial charge in [0.15, 0.2) is 12.7 Å². The number of ether oxygens (including phenoxy) is 2. The van der Waals surface area contributed by atoms with Gasteiger partial charge in [0.25, 0.3) is 11.8 Å². The normalized spacial score (nSPS) is 17.0. The lowest BCUT2D eigenvalue weighted by Gasteiger charge is -2.34. The Hall–Kier alpha value is -3.60. The molecular formula is C30H32ClN3O6S. The molecule has 1 aliphatic carbocycles. The number of rotatable bonds is 10. The number of sulfonamides is 1. The third-order valence-electron chi connectivity index (χ3n) is 7.16. The van der Waals surface area contributed by atoms with Gasteiger partial charge in [-0.3, -0.25) is 9.59 Å². The SMILES string of the molecule is O=C(NCCc1ccccc1)[C@@H]1CN(C(=O)COc2ccc(S(=O)(=O)NC3CCCC3)cc2Cl)c2ccccc2O1. The van der Waals surface area contributed by atoms with Gasteiger partial charge in [-0.2, -0.15) is 0 Å². The molecule has 0 radical (unpaired) electrons. The molecule has 0 bridgehead atoms. The smallest absolute Gasteiger partial charge is 0.265 e. The molecule has 0 unspecified atom stereocenters. The molecule has 0 spiro atoms. The average molecular weight is 598 g/mol. The van der Waals surface area contributed by atoms with E-state index >= 15 is 0 Å². The number of nitrogens with one attached hydrogen (secondary N) is 2. The molecule has 11 heteroatoms. The van der Waals surface area contributed by atoms with E-state index in [4.69, 9.17) is 21.1 Å². The largest absolute Gasteiger partial charge is 0.482 e. The molecule has 0 saturated heterocycles. The van der Waals surface area contributed by atoms with Crippen molar-refractivity contribution in [1.82, 2.24) is 10.0 Å². The fraction of sp³-hybridized carbons (Fsp3) is 0.333. The van der Waals surface area contributed by atoms with E-state index in [1.807, 2.05) is 30.3 Å². The first-order valence-corrected chi connectivity index (χ1v) is 15.5. The number of hydrogen-bond acceptors (Lipinski definition) is 6. The first-order valence-electron chi connectivity index (χ1n) is 13.6. The molecule has 9 nitrogen and oxygen atoms in total. The van der Waals surface area contributed by atoms with Gasteiger partial charge in [-0.1, -0.05) is 66.9 Å². The lowest BCUT2D eigenvalue weighted by molar-refractivity contribution is -0.128. The number of benzene rings is 3. The molecular weight excluding hydrogens is 566 g/mol. The minimum Gasteiger partial charge on any atom is -0.482 e. The molecule has 1 atom stereocenters. The number of halogens is 1. The maximum absolute atomic E-state index is 13.3. The van der Waals surface area contributed by atoms with Crippen molar-refractivity contribution in [3.05, 3.63) is 83.4 Å². The van der Waals surface area contributed by atoms with Gasteiger partial charge < -0.3 is 19.7 Å². The van der Waals surface area contributed by atoms with Gasteiger partial charge >= 0.3 is 0 Å². The summed E-state index contributed by atoms with van der Waals surface area (Å²) in [5, 5.41) is 2.97. The van der Waals surface area contributed by atoms with Crippen molar-refractivity contribution in [3.63, 3.8) is 0 Å². The van der Waals surface area contributed by atoms with Crippen LogP contribution in [-0.4, -0.2) is 52.1 Å². The Morgan fingerprint density at radius 3 is 2.49 bits per heavy atom. The fourth-order valence-corrected chi connectivity index (χ4v) is 6.64.